The second kappa shape index (κ2) is 9.08. The van der Waals surface area contributed by atoms with Crippen LogP contribution in [0.1, 0.15) is 24.1 Å². The molecule has 0 saturated heterocycles. The van der Waals surface area contributed by atoms with Gasteiger partial charge in [-0.15, -0.1) is 0 Å². The van der Waals surface area contributed by atoms with Crippen molar-refractivity contribution < 1.29 is 19.1 Å². The van der Waals surface area contributed by atoms with E-state index in [0.29, 0.717) is 10.8 Å². The minimum Gasteiger partial charge on any atom is -0.484 e. The summed E-state index contributed by atoms with van der Waals surface area (Å²) < 4.78 is 10.1. The summed E-state index contributed by atoms with van der Waals surface area (Å²) in [5.41, 5.74) is 1.67. The van der Waals surface area contributed by atoms with E-state index in [0.717, 1.165) is 11.1 Å². The number of carbonyl (C=O) groups is 2. The Labute approximate surface area is 151 Å². The first-order chi connectivity index (χ1) is 12.0. The molecule has 1 atom stereocenters. The van der Waals surface area contributed by atoms with Crippen molar-refractivity contribution in [2.24, 2.45) is 0 Å². The van der Waals surface area contributed by atoms with Gasteiger partial charge in [0.15, 0.2) is 6.61 Å². The minimum atomic E-state index is -0.304. The molecule has 0 aliphatic carbocycles. The number of rotatable bonds is 7. The monoisotopic (exact) mass is 361 g/mol. The summed E-state index contributed by atoms with van der Waals surface area (Å²) in [5, 5.41) is 3.45. The van der Waals surface area contributed by atoms with Crippen molar-refractivity contribution in [2.75, 3.05) is 13.7 Å². The van der Waals surface area contributed by atoms with Crippen LogP contribution in [0.3, 0.4) is 0 Å². The molecule has 2 aromatic rings. The van der Waals surface area contributed by atoms with Gasteiger partial charge in [-0.1, -0.05) is 41.9 Å². The highest BCUT2D eigenvalue weighted by atomic mass is 35.5. The van der Waals surface area contributed by atoms with Gasteiger partial charge in [-0.3, -0.25) is 9.59 Å². The maximum absolute atomic E-state index is 12.0. The molecular weight excluding hydrogens is 342 g/mol. The van der Waals surface area contributed by atoms with Crippen LogP contribution in [0.15, 0.2) is 48.5 Å². The fraction of sp³-hybridized carbons (Fsp3) is 0.263. The van der Waals surface area contributed by atoms with Gasteiger partial charge >= 0.3 is 5.97 Å². The molecular formula is C19H20ClNO4. The van der Waals surface area contributed by atoms with Crippen molar-refractivity contribution in [3.8, 4) is 5.75 Å². The van der Waals surface area contributed by atoms with E-state index in [1.54, 1.807) is 30.3 Å². The highest BCUT2D eigenvalue weighted by Crippen LogP contribution is 2.22. The van der Waals surface area contributed by atoms with Crippen LogP contribution in [-0.2, 0) is 20.7 Å². The predicted octanol–water partition coefficient (Wildman–Crippen LogP) is 3.31. The highest BCUT2D eigenvalue weighted by Gasteiger charge is 2.12. The normalized spacial score (nSPS) is 11.5. The number of benzene rings is 2. The van der Waals surface area contributed by atoms with Gasteiger partial charge in [0.05, 0.1) is 19.6 Å². The van der Waals surface area contributed by atoms with Gasteiger partial charge in [0.1, 0.15) is 5.75 Å². The van der Waals surface area contributed by atoms with Crippen molar-refractivity contribution in [3.05, 3.63) is 64.7 Å². The summed E-state index contributed by atoms with van der Waals surface area (Å²) in [6, 6.07) is 14.1. The molecule has 0 radical (unpaired) electrons. The Balaban J connectivity index is 1.83. The van der Waals surface area contributed by atoms with Crippen molar-refractivity contribution in [1.29, 1.82) is 0 Å². The number of halogens is 1. The molecule has 0 heterocycles. The van der Waals surface area contributed by atoms with E-state index < -0.39 is 0 Å². The number of hydrogen-bond donors (Lipinski definition) is 1. The Morgan fingerprint density at radius 2 is 1.80 bits per heavy atom. The quantitative estimate of drug-likeness (QED) is 0.768. The Kier molecular flexibility index (Phi) is 6.83. The maximum atomic E-state index is 12.0. The van der Waals surface area contributed by atoms with Crippen molar-refractivity contribution >= 4 is 23.5 Å². The number of amides is 1. The Bertz CT molecular complexity index is 730. The van der Waals surface area contributed by atoms with Gasteiger partial charge in [-0.05, 0) is 36.2 Å². The van der Waals surface area contributed by atoms with E-state index in [-0.39, 0.29) is 30.9 Å². The van der Waals surface area contributed by atoms with Crippen molar-refractivity contribution in [3.63, 3.8) is 0 Å². The third-order valence-electron chi connectivity index (χ3n) is 3.62. The average molecular weight is 362 g/mol. The minimum absolute atomic E-state index is 0.106. The fourth-order valence-corrected chi connectivity index (χ4v) is 2.58. The predicted molar refractivity (Wildman–Crippen MR) is 95.7 cm³/mol. The second-order valence-electron chi connectivity index (χ2n) is 5.50. The third-order valence-corrected chi connectivity index (χ3v) is 3.96. The van der Waals surface area contributed by atoms with Gasteiger partial charge in [-0.2, -0.15) is 0 Å². The van der Waals surface area contributed by atoms with Crippen LogP contribution >= 0.6 is 11.6 Å². The van der Waals surface area contributed by atoms with Crippen LogP contribution < -0.4 is 10.1 Å². The van der Waals surface area contributed by atoms with Gasteiger partial charge < -0.3 is 14.8 Å². The van der Waals surface area contributed by atoms with Crippen molar-refractivity contribution in [1.82, 2.24) is 5.32 Å². The van der Waals surface area contributed by atoms with Crippen molar-refractivity contribution in [2.45, 2.75) is 19.4 Å². The topological polar surface area (TPSA) is 64.6 Å². The molecule has 6 heteroatoms. The average Bonchev–Trinajstić information content (AvgIpc) is 2.61. The number of ether oxygens (including phenoxy) is 2. The molecule has 0 unspecified atom stereocenters. The smallest absolute Gasteiger partial charge is 0.309 e. The largest absolute Gasteiger partial charge is 0.484 e. The Hall–Kier alpha value is -2.53. The second-order valence-corrected chi connectivity index (χ2v) is 5.90. The van der Waals surface area contributed by atoms with E-state index in [4.69, 9.17) is 16.3 Å². The lowest BCUT2D eigenvalue weighted by atomic mass is 10.1. The standard InChI is InChI=1S/C19H20ClNO4/c1-13(16-5-3-4-6-17(16)20)21-18(22)12-25-15-9-7-14(8-10-15)11-19(23)24-2/h3-10,13H,11-12H2,1-2H3,(H,21,22)/t13-/m0/s1. The van der Waals surface area contributed by atoms with Gasteiger partial charge in [-0.25, -0.2) is 0 Å². The Morgan fingerprint density at radius 1 is 1.12 bits per heavy atom. The van der Waals surface area contributed by atoms with Crippen LogP contribution in [0.25, 0.3) is 0 Å². The molecule has 1 N–H and O–H groups in total. The number of hydrogen-bond acceptors (Lipinski definition) is 4. The maximum Gasteiger partial charge on any atom is 0.309 e. The molecule has 132 valence electrons. The van der Waals surface area contributed by atoms with E-state index in [1.807, 2.05) is 25.1 Å². The number of esters is 1. The number of carbonyl (C=O) groups excluding carboxylic acids is 2. The summed E-state index contributed by atoms with van der Waals surface area (Å²) >= 11 is 6.12. The molecule has 0 aliphatic heterocycles. The first-order valence-electron chi connectivity index (χ1n) is 7.82. The zero-order valence-corrected chi connectivity index (χ0v) is 14.9. The van der Waals surface area contributed by atoms with Crippen LogP contribution in [0.5, 0.6) is 5.75 Å². The van der Waals surface area contributed by atoms with Crippen LogP contribution in [-0.4, -0.2) is 25.6 Å². The molecule has 5 nitrogen and oxygen atoms in total. The molecule has 1 amide bonds. The first kappa shape index (κ1) is 18.8. The zero-order chi connectivity index (χ0) is 18.2. The molecule has 2 rings (SSSR count). The molecule has 0 bridgehead atoms. The van der Waals surface area contributed by atoms with E-state index in [1.165, 1.54) is 7.11 Å². The summed E-state index contributed by atoms with van der Waals surface area (Å²) in [5.74, 6) is 0.00169. The van der Waals surface area contributed by atoms with E-state index in [2.05, 4.69) is 10.1 Å². The number of methoxy groups -OCH3 is 1. The Morgan fingerprint density at radius 3 is 2.44 bits per heavy atom. The van der Waals surface area contributed by atoms with E-state index in [9.17, 15) is 9.59 Å². The fourth-order valence-electron chi connectivity index (χ4n) is 2.28. The van der Waals surface area contributed by atoms with E-state index >= 15 is 0 Å². The molecule has 0 aliphatic rings. The zero-order valence-electron chi connectivity index (χ0n) is 14.1. The lowest BCUT2D eigenvalue weighted by Crippen LogP contribution is -2.31. The molecule has 2 aromatic carbocycles. The molecule has 0 fully saturated rings. The van der Waals surface area contributed by atoms with Crippen LogP contribution in [0.2, 0.25) is 5.02 Å². The lowest BCUT2D eigenvalue weighted by molar-refractivity contribution is -0.139. The van der Waals surface area contributed by atoms with Crippen LogP contribution in [0, 0.1) is 0 Å². The molecule has 0 aromatic heterocycles. The lowest BCUT2D eigenvalue weighted by Gasteiger charge is -2.16. The molecule has 0 spiro atoms. The summed E-state index contributed by atoms with van der Waals surface area (Å²) in [6.07, 6.45) is 0.201. The summed E-state index contributed by atoms with van der Waals surface area (Å²) in [6.45, 7) is 1.76. The molecule has 0 saturated carbocycles. The van der Waals surface area contributed by atoms with Gasteiger partial charge in [0.2, 0.25) is 0 Å². The van der Waals surface area contributed by atoms with Gasteiger partial charge in [0, 0.05) is 5.02 Å². The first-order valence-corrected chi connectivity index (χ1v) is 8.19. The molecule has 25 heavy (non-hydrogen) atoms. The number of nitrogens with one attached hydrogen (secondary N) is 1. The third kappa shape index (κ3) is 5.80. The van der Waals surface area contributed by atoms with Crippen LogP contribution in [0.4, 0.5) is 0 Å². The summed E-state index contributed by atoms with van der Waals surface area (Å²) in [4.78, 5) is 23.2. The highest BCUT2D eigenvalue weighted by molar-refractivity contribution is 6.31. The van der Waals surface area contributed by atoms with Gasteiger partial charge in [0.25, 0.3) is 5.91 Å². The summed E-state index contributed by atoms with van der Waals surface area (Å²) in [7, 11) is 1.35. The SMILES string of the molecule is COC(=O)Cc1ccc(OCC(=O)N[C@@H](C)c2ccccc2Cl)cc1.